The lowest BCUT2D eigenvalue weighted by atomic mass is 9.83. The average molecular weight is 719 g/mol. The second kappa shape index (κ2) is 11.6. The van der Waals surface area contributed by atoms with Crippen LogP contribution in [0, 0.1) is 0 Å². The minimum Gasteiger partial charge on any atom is -0.135 e. The van der Waals surface area contributed by atoms with Crippen LogP contribution in [-0.4, -0.2) is 0 Å². The summed E-state index contributed by atoms with van der Waals surface area (Å²) in [6.45, 7) is 0. The first kappa shape index (κ1) is 30.2. The molecule has 54 heavy (non-hydrogen) atoms. The van der Waals surface area contributed by atoms with E-state index < -0.39 is 0 Å². The molecule has 12 rings (SSSR count). The summed E-state index contributed by atoms with van der Waals surface area (Å²) < 4.78 is 5.40. The molecule has 2 heteroatoms. The number of thiophene rings is 2. The van der Waals surface area contributed by atoms with Gasteiger partial charge in [0.1, 0.15) is 0 Å². The van der Waals surface area contributed by atoms with Crippen LogP contribution < -0.4 is 0 Å². The molecule has 0 bridgehead atoms. The average Bonchev–Trinajstić information content (AvgIpc) is 3.78. The van der Waals surface area contributed by atoms with Crippen LogP contribution in [0.2, 0.25) is 0 Å². The Morgan fingerprint density at radius 3 is 1.35 bits per heavy atom. The predicted octanol–water partition coefficient (Wildman–Crippen LogP) is 16.0. The van der Waals surface area contributed by atoms with Gasteiger partial charge in [-0.05, 0) is 101 Å². The Bertz CT molecular complexity index is 3440. The molecule has 0 saturated carbocycles. The maximum absolute atomic E-state index is 2.41. The van der Waals surface area contributed by atoms with Gasteiger partial charge in [-0.1, -0.05) is 158 Å². The molecule has 0 spiro atoms. The molecule has 0 saturated heterocycles. The van der Waals surface area contributed by atoms with Crippen LogP contribution in [0.1, 0.15) is 0 Å². The largest absolute Gasteiger partial charge is 0.135 e. The van der Waals surface area contributed by atoms with E-state index in [0.717, 1.165) is 0 Å². The van der Waals surface area contributed by atoms with E-state index >= 15 is 0 Å². The Labute approximate surface area is 319 Å². The zero-order valence-electron chi connectivity index (χ0n) is 29.1. The normalized spacial score (nSPS) is 12.1. The van der Waals surface area contributed by atoms with Crippen molar-refractivity contribution in [3.63, 3.8) is 0 Å². The first-order chi connectivity index (χ1) is 26.8. The molecule has 0 nitrogen and oxygen atoms in total. The van der Waals surface area contributed by atoms with Gasteiger partial charge < -0.3 is 0 Å². The minimum absolute atomic E-state index is 1.25. The van der Waals surface area contributed by atoms with E-state index in [1.54, 1.807) is 0 Å². The lowest BCUT2D eigenvalue weighted by Gasteiger charge is -2.20. The lowest BCUT2D eigenvalue weighted by Crippen LogP contribution is -1.93. The Balaban J connectivity index is 1.07. The number of hydrogen-bond donors (Lipinski definition) is 0. The molecule has 12 aromatic rings. The molecule has 0 fully saturated rings. The molecular formula is C52H30S2. The summed E-state index contributed by atoms with van der Waals surface area (Å²) in [6, 6.07) is 67.9. The van der Waals surface area contributed by atoms with Crippen LogP contribution in [0.3, 0.4) is 0 Å². The van der Waals surface area contributed by atoms with E-state index in [1.807, 2.05) is 22.7 Å². The summed E-state index contributed by atoms with van der Waals surface area (Å²) >= 11 is 3.81. The molecular weight excluding hydrogens is 689 g/mol. The maximum Gasteiger partial charge on any atom is 0.0362 e. The first-order valence-electron chi connectivity index (χ1n) is 18.5. The molecule has 0 aliphatic carbocycles. The van der Waals surface area contributed by atoms with Gasteiger partial charge in [0, 0.05) is 40.3 Å². The number of fused-ring (bicyclic) bond motifs is 10. The van der Waals surface area contributed by atoms with Gasteiger partial charge in [-0.15, -0.1) is 22.7 Å². The van der Waals surface area contributed by atoms with Gasteiger partial charge in [0.2, 0.25) is 0 Å². The Morgan fingerprint density at radius 2 is 0.685 bits per heavy atom. The Kier molecular flexibility index (Phi) is 6.48. The van der Waals surface area contributed by atoms with E-state index in [-0.39, 0.29) is 0 Å². The van der Waals surface area contributed by atoms with Gasteiger partial charge in [0.15, 0.2) is 0 Å². The molecule has 0 amide bonds. The van der Waals surface area contributed by atoms with Gasteiger partial charge in [-0.3, -0.25) is 0 Å². The number of hydrogen-bond acceptors (Lipinski definition) is 2. The van der Waals surface area contributed by atoms with Gasteiger partial charge in [0.25, 0.3) is 0 Å². The second-order valence-corrected chi connectivity index (χ2v) is 16.5. The van der Waals surface area contributed by atoms with E-state index in [1.165, 1.54) is 117 Å². The summed E-state index contributed by atoms with van der Waals surface area (Å²) in [5.41, 5.74) is 7.65. The molecule has 250 valence electrons. The third kappa shape index (κ3) is 4.36. The molecule has 0 aliphatic heterocycles. The minimum atomic E-state index is 1.25. The monoisotopic (exact) mass is 718 g/mol. The zero-order chi connectivity index (χ0) is 35.3. The van der Waals surface area contributed by atoms with Gasteiger partial charge in [0.05, 0.1) is 0 Å². The summed E-state index contributed by atoms with van der Waals surface area (Å²) in [5.74, 6) is 0. The second-order valence-electron chi connectivity index (χ2n) is 14.3. The maximum atomic E-state index is 2.41. The highest BCUT2D eigenvalue weighted by molar-refractivity contribution is 7.27. The third-order valence-electron chi connectivity index (χ3n) is 11.5. The van der Waals surface area contributed by atoms with Crippen molar-refractivity contribution < 1.29 is 0 Å². The van der Waals surface area contributed by atoms with Crippen LogP contribution in [-0.2, 0) is 0 Å². The van der Waals surface area contributed by atoms with E-state index in [0.29, 0.717) is 0 Å². The third-order valence-corrected chi connectivity index (χ3v) is 13.7. The van der Waals surface area contributed by atoms with Crippen LogP contribution in [0.4, 0.5) is 0 Å². The van der Waals surface area contributed by atoms with Crippen molar-refractivity contribution in [2.24, 2.45) is 0 Å². The van der Waals surface area contributed by atoms with E-state index in [9.17, 15) is 0 Å². The van der Waals surface area contributed by atoms with Crippen LogP contribution in [0.5, 0.6) is 0 Å². The van der Waals surface area contributed by atoms with Crippen molar-refractivity contribution in [1.29, 1.82) is 0 Å². The van der Waals surface area contributed by atoms with Crippen molar-refractivity contribution in [3.8, 4) is 33.4 Å². The highest BCUT2D eigenvalue weighted by atomic mass is 32.1. The zero-order valence-corrected chi connectivity index (χ0v) is 30.8. The fourth-order valence-corrected chi connectivity index (χ4v) is 11.4. The summed E-state index contributed by atoms with van der Waals surface area (Å²) in [4.78, 5) is 0. The summed E-state index contributed by atoms with van der Waals surface area (Å²) in [5, 5.41) is 15.6. The fourth-order valence-electron chi connectivity index (χ4n) is 9.08. The van der Waals surface area contributed by atoms with Crippen molar-refractivity contribution in [2.45, 2.75) is 0 Å². The van der Waals surface area contributed by atoms with Crippen molar-refractivity contribution in [1.82, 2.24) is 0 Å². The summed E-state index contributed by atoms with van der Waals surface area (Å²) in [6.07, 6.45) is 0. The molecule has 0 atom stereocenters. The Morgan fingerprint density at radius 1 is 0.241 bits per heavy atom. The first-order valence-corrected chi connectivity index (χ1v) is 20.1. The van der Waals surface area contributed by atoms with E-state index in [2.05, 4.69) is 182 Å². The quantitative estimate of drug-likeness (QED) is 0.160. The number of benzene rings is 10. The van der Waals surface area contributed by atoms with Crippen LogP contribution in [0.15, 0.2) is 182 Å². The Hall–Kier alpha value is -6.32. The molecule has 0 radical (unpaired) electrons. The molecule has 0 aliphatic rings. The van der Waals surface area contributed by atoms with Gasteiger partial charge in [-0.2, -0.15) is 0 Å². The fraction of sp³-hybridized carbons (Fsp3) is 0. The highest BCUT2D eigenvalue weighted by Crippen LogP contribution is 2.48. The molecule has 2 aromatic heterocycles. The molecule has 0 N–H and O–H groups in total. The standard InChI is InChI=1S/C52H30S2/c1-2-14-33-31(12-1)13-11-22-39(33)51-40-18-5-7-20-42(40)52(43-21-8-6-19-41(43)51)44-27-26-34(35-15-3-4-16-36(35)44)32-24-25-38-46-30-49-45(29-50(46)54-48(38)28-32)37-17-9-10-23-47(37)53-49/h1-30H. The van der Waals surface area contributed by atoms with Crippen LogP contribution in [0.25, 0.3) is 117 Å². The highest BCUT2D eigenvalue weighted by Gasteiger charge is 2.20. The molecule has 2 heterocycles. The lowest BCUT2D eigenvalue weighted by molar-refractivity contribution is 1.67. The smallest absolute Gasteiger partial charge is 0.0362 e. The topological polar surface area (TPSA) is 0 Å². The molecule has 0 unspecified atom stereocenters. The van der Waals surface area contributed by atoms with Gasteiger partial charge in [-0.25, -0.2) is 0 Å². The van der Waals surface area contributed by atoms with Crippen LogP contribution >= 0.6 is 22.7 Å². The predicted molar refractivity (Wildman–Crippen MR) is 239 cm³/mol. The van der Waals surface area contributed by atoms with Gasteiger partial charge >= 0.3 is 0 Å². The number of rotatable bonds is 3. The summed E-state index contributed by atoms with van der Waals surface area (Å²) in [7, 11) is 0. The molecule has 10 aromatic carbocycles. The van der Waals surface area contributed by atoms with Crippen molar-refractivity contribution in [2.75, 3.05) is 0 Å². The SMILES string of the molecule is c1ccc2c(-c3c4ccccc4c(-c4ccc(-c5ccc6c(c5)sc5cc7c(cc56)sc5ccccc57)c5ccccc45)c4ccccc34)cccc2c1. The van der Waals surface area contributed by atoms with Crippen molar-refractivity contribution >= 4 is 106 Å². The van der Waals surface area contributed by atoms with E-state index in [4.69, 9.17) is 0 Å². The van der Waals surface area contributed by atoms with Crippen molar-refractivity contribution in [3.05, 3.63) is 182 Å².